The van der Waals surface area contributed by atoms with E-state index in [0.717, 1.165) is 54.9 Å². The van der Waals surface area contributed by atoms with E-state index in [1.165, 1.54) is 5.56 Å². The second-order valence-corrected chi connectivity index (χ2v) is 6.11. The molecule has 0 aromatic carbocycles. The Morgan fingerprint density at radius 3 is 2.14 bits per heavy atom. The molecule has 0 aliphatic carbocycles. The summed E-state index contributed by atoms with van der Waals surface area (Å²) in [6.45, 7) is 5.78. The molecule has 2 rings (SSSR count). The van der Waals surface area contributed by atoms with Crippen molar-refractivity contribution in [2.75, 3.05) is 13.1 Å². The molecule has 2 N–H and O–H groups in total. The minimum atomic E-state index is 0.808. The van der Waals surface area contributed by atoms with Crippen molar-refractivity contribution in [1.29, 1.82) is 0 Å². The van der Waals surface area contributed by atoms with Gasteiger partial charge in [-0.05, 0) is 72.5 Å². The Morgan fingerprint density at radius 1 is 0.909 bits per heavy atom. The summed E-state index contributed by atoms with van der Waals surface area (Å²) in [7, 11) is 0. The molecule has 0 atom stereocenters. The van der Waals surface area contributed by atoms with Crippen LogP contribution in [0.2, 0.25) is 0 Å². The number of nitrogens with one attached hydrogen (secondary N) is 2. The molecule has 0 saturated carbocycles. The van der Waals surface area contributed by atoms with Crippen molar-refractivity contribution < 1.29 is 0 Å². The molecule has 2 aromatic rings. The summed E-state index contributed by atoms with van der Waals surface area (Å²) in [6, 6.07) is 8.03. The van der Waals surface area contributed by atoms with Crippen LogP contribution in [0, 0.1) is 6.92 Å². The van der Waals surface area contributed by atoms with Crippen molar-refractivity contribution >= 4 is 15.9 Å². The molecular formula is C17H23BrN4. The molecule has 4 nitrogen and oxygen atoms in total. The fraction of sp³-hybridized carbons (Fsp3) is 0.412. The second kappa shape index (κ2) is 9.66. The Bertz CT molecular complexity index is 523. The van der Waals surface area contributed by atoms with Gasteiger partial charge in [0, 0.05) is 30.0 Å². The van der Waals surface area contributed by atoms with Crippen LogP contribution in [0.5, 0.6) is 0 Å². The van der Waals surface area contributed by atoms with E-state index < -0.39 is 0 Å². The third-order valence-corrected chi connectivity index (χ3v) is 4.22. The van der Waals surface area contributed by atoms with Gasteiger partial charge in [-0.3, -0.25) is 9.97 Å². The normalized spacial score (nSPS) is 10.8. The maximum atomic E-state index is 4.38. The van der Waals surface area contributed by atoms with Crippen molar-refractivity contribution in [3.63, 3.8) is 0 Å². The lowest BCUT2D eigenvalue weighted by Crippen LogP contribution is -2.19. The molecular weight excluding hydrogens is 340 g/mol. The predicted octanol–water partition coefficient (Wildman–Crippen LogP) is 3.21. The monoisotopic (exact) mass is 362 g/mol. The number of unbranched alkanes of at least 4 members (excludes halogenated alkanes) is 1. The third-order valence-electron chi connectivity index (χ3n) is 3.49. The summed E-state index contributed by atoms with van der Waals surface area (Å²) in [5.41, 5.74) is 3.45. The van der Waals surface area contributed by atoms with Crippen LogP contribution in [0.3, 0.4) is 0 Å². The smallest absolute Gasteiger partial charge is 0.0683 e. The number of aromatic nitrogens is 2. The van der Waals surface area contributed by atoms with Gasteiger partial charge in [0.1, 0.15) is 0 Å². The van der Waals surface area contributed by atoms with Crippen LogP contribution in [0.1, 0.15) is 29.8 Å². The van der Waals surface area contributed by atoms with Crippen LogP contribution in [-0.4, -0.2) is 23.1 Å². The maximum Gasteiger partial charge on any atom is 0.0683 e. The molecule has 0 aliphatic rings. The number of aryl methyl sites for hydroxylation is 1. The van der Waals surface area contributed by atoms with Crippen LogP contribution in [0.15, 0.2) is 41.1 Å². The van der Waals surface area contributed by atoms with Gasteiger partial charge in [0.05, 0.1) is 11.4 Å². The number of nitrogens with zero attached hydrogens (tertiary/aromatic N) is 2. The topological polar surface area (TPSA) is 49.8 Å². The molecule has 118 valence electrons. The number of pyridine rings is 2. The molecule has 0 amide bonds. The standard InChI is InChI=1S/C17H23BrN4/c1-14-6-4-10-21-16(14)12-19-8-2-3-9-20-13-17-15(18)7-5-11-22-17/h4-7,10-11,19-20H,2-3,8-9,12-13H2,1H3. The molecule has 0 unspecified atom stereocenters. The molecule has 0 spiro atoms. The van der Waals surface area contributed by atoms with Crippen LogP contribution in [-0.2, 0) is 13.1 Å². The highest BCUT2D eigenvalue weighted by atomic mass is 79.9. The van der Waals surface area contributed by atoms with Crippen LogP contribution in [0.4, 0.5) is 0 Å². The fourth-order valence-corrected chi connectivity index (χ4v) is 2.56. The summed E-state index contributed by atoms with van der Waals surface area (Å²) >= 11 is 3.51. The first-order valence-electron chi connectivity index (χ1n) is 7.68. The van der Waals surface area contributed by atoms with Gasteiger partial charge in [-0.1, -0.05) is 6.07 Å². The average Bonchev–Trinajstić information content (AvgIpc) is 2.53. The molecule has 5 heteroatoms. The van der Waals surface area contributed by atoms with E-state index in [1.54, 1.807) is 0 Å². The Hall–Kier alpha value is -1.30. The van der Waals surface area contributed by atoms with Gasteiger partial charge < -0.3 is 10.6 Å². The van der Waals surface area contributed by atoms with Crippen LogP contribution >= 0.6 is 15.9 Å². The van der Waals surface area contributed by atoms with E-state index in [-0.39, 0.29) is 0 Å². The third kappa shape index (κ3) is 5.83. The lowest BCUT2D eigenvalue weighted by molar-refractivity contribution is 0.575. The number of hydrogen-bond acceptors (Lipinski definition) is 4. The summed E-state index contributed by atoms with van der Waals surface area (Å²) in [4.78, 5) is 8.72. The zero-order chi connectivity index (χ0) is 15.6. The van der Waals surface area contributed by atoms with Gasteiger partial charge in [-0.15, -0.1) is 0 Å². The Kier molecular flexibility index (Phi) is 7.49. The zero-order valence-corrected chi connectivity index (χ0v) is 14.6. The van der Waals surface area contributed by atoms with E-state index in [9.17, 15) is 0 Å². The molecule has 0 saturated heterocycles. The average molecular weight is 363 g/mol. The summed E-state index contributed by atoms with van der Waals surface area (Å²) in [5, 5.41) is 6.88. The largest absolute Gasteiger partial charge is 0.311 e. The minimum Gasteiger partial charge on any atom is -0.311 e. The van der Waals surface area contributed by atoms with Crippen molar-refractivity contribution in [2.45, 2.75) is 32.9 Å². The van der Waals surface area contributed by atoms with E-state index in [0.29, 0.717) is 0 Å². The number of rotatable bonds is 9. The van der Waals surface area contributed by atoms with Crippen molar-refractivity contribution in [3.05, 3.63) is 58.1 Å². The van der Waals surface area contributed by atoms with Gasteiger partial charge >= 0.3 is 0 Å². The van der Waals surface area contributed by atoms with Gasteiger partial charge in [0.2, 0.25) is 0 Å². The van der Waals surface area contributed by atoms with E-state index >= 15 is 0 Å². The SMILES string of the molecule is Cc1cccnc1CNCCCCNCc1ncccc1Br. The fourth-order valence-electron chi connectivity index (χ4n) is 2.17. The van der Waals surface area contributed by atoms with E-state index in [1.807, 2.05) is 30.6 Å². The van der Waals surface area contributed by atoms with E-state index in [4.69, 9.17) is 0 Å². The number of hydrogen-bond donors (Lipinski definition) is 2. The Labute approximate surface area is 140 Å². The Balaban J connectivity index is 1.51. The quantitative estimate of drug-likeness (QED) is 0.672. The summed E-state index contributed by atoms with van der Waals surface area (Å²) in [5.74, 6) is 0. The van der Waals surface area contributed by atoms with Crippen LogP contribution in [0.25, 0.3) is 0 Å². The minimum absolute atomic E-state index is 0.808. The van der Waals surface area contributed by atoms with Gasteiger partial charge in [0.15, 0.2) is 0 Å². The molecule has 0 fully saturated rings. The van der Waals surface area contributed by atoms with Gasteiger partial charge in [-0.25, -0.2) is 0 Å². The maximum absolute atomic E-state index is 4.38. The predicted molar refractivity (Wildman–Crippen MR) is 93.6 cm³/mol. The molecule has 0 aliphatic heterocycles. The highest BCUT2D eigenvalue weighted by Gasteiger charge is 2.00. The first-order valence-corrected chi connectivity index (χ1v) is 8.48. The zero-order valence-electron chi connectivity index (χ0n) is 13.0. The lowest BCUT2D eigenvalue weighted by atomic mass is 10.2. The molecule has 0 radical (unpaired) electrons. The summed E-state index contributed by atoms with van der Waals surface area (Å²) < 4.78 is 1.06. The van der Waals surface area contributed by atoms with Gasteiger partial charge in [0.25, 0.3) is 0 Å². The van der Waals surface area contributed by atoms with E-state index in [2.05, 4.69) is 49.5 Å². The lowest BCUT2D eigenvalue weighted by Gasteiger charge is -2.08. The summed E-state index contributed by atoms with van der Waals surface area (Å²) in [6.07, 6.45) is 5.98. The molecule has 2 aromatic heterocycles. The first-order chi connectivity index (χ1) is 10.8. The highest BCUT2D eigenvalue weighted by Crippen LogP contribution is 2.12. The molecule has 0 bridgehead atoms. The first kappa shape index (κ1) is 17.1. The molecule has 2 heterocycles. The van der Waals surface area contributed by atoms with Crippen molar-refractivity contribution in [2.24, 2.45) is 0 Å². The number of halogens is 1. The highest BCUT2D eigenvalue weighted by molar-refractivity contribution is 9.10. The van der Waals surface area contributed by atoms with Crippen molar-refractivity contribution in [3.8, 4) is 0 Å². The Morgan fingerprint density at radius 2 is 1.50 bits per heavy atom. The second-order valence-electron chi connectivity index (χ2n) is 5.26. The molecule has 22 heavy (non-hydrogen) atoms. The van der Waals surface area contributed by atoms with Gasteiger partial charge in [-0.2, -0.15) is 0 Å². The van der Waals surface area contributed by atoms with Crippen molar-refractivity contribution in [1.82, 2.24) is 20.6 Å². The van der Waals surface area contributed by atoms with Crippen LogP contribution < -0.4 is 10.6 Å².